The molecule has 19 heavy (non-hydrogen) atoms. The predicted molar refractivity (Wildman–Crippen MR) is 76.5 cm³/mol. The lowest BCUT2D eigenvalue weighted by Crippen LogP contribution is -2.24. The number of aryl methyl sites for hydroxylation is 1. The minimum absolute atomic E-state index is 0.359. The number of rotatable bonds is 6. The van der Waals surface area contributed by atoms with Crippen molar-refractivity contribution in [1.82, 2.24) is 20.1 Å². The highest BCUT2D eigenvalue weighted by molar-refractivity contribution is 5.19. The van der Waals surface area contributed by atoms with Crippen LogP contribution >= 0.6 is 0 Å². The Bertz CT molecular complexity index is 490. The Hall–Kier alpha value is -1.68. The lowest BCUT2D eigenvalue weighted by molar-refractivity contribution is 0.421. The fraction of sp³-hybridized carbons (Fsp3) is 0.467. The molecule has 102 valence electrons. The van der Waals surface area contributed by atoms with Crippen LogP contribution in [0.1, 0.15) is 37.7 Å². The fourth-order valence-electron chi connectivity index (χ4n) is 2.18. The molecule has 4 heteroatoms. The quantitative estimate of drug-likeness (QED) is 0.866. The maximum absolute atomic E-state index is 4.11. The summed E-state index contributed by atoms with van der Waals surface area (Å²) in [6.07, 6.45) is 2.85. The van der Waals surface area contributed by atoms with Gasteiger partial charge >= 0.3 is 0 Å². The number of nitrogens with zero attached hydrogens (tertiary/aromatic N) is 3. The number of benzene rings is 1. The van der Waals surface area contributed by atoms with Crippen molar-refractivity contribution < 1.29 is 0 Å². The summed E-state index contributed by atoms with van der Waals surface area (Å²) >= 11 is 0. The minimum Gasteiger partial charge on any atom is -0.320 e. The summed E-state index contributed by atoms with van der Waals surface area (Å²) < 4.78 is 1.95. The highest BCUT2D eigenvalue weighted by atomic mass is 15.3. The third kappa shape index (κ3) is 3.89. The Labute approximate surface area is 114 Å². The van der Waals surface area contributed by atoms with Gasteiger partial charge in [-0.1, -0.05) is 44.2 Å². The molecule has 0 aliphatic rings. The number of aromatic nitrogens is 3. The zero-order valence-corrected chi connectivity index (χ0v) is 11.9. The summed E-state index contributed by atoms with van der Waals surface area (Å²) in [6, 6.07) is 10.9. The molecule has 1 aromatic carbocycles. The second-order valence-electron chi connectivity index (χ2n) is 5.33. The van der Waals surface area contributed by atoms with Gasteiger partial charge in [-0.25, -0.2) is 0 Å². The van der Waals surface area contributed by atoms with E-state index < -0.39 is 0 Å². The number of hydrogen-bond acceptors (Lipinski definition) is 3. The van der Waals surface area contributed by atoms with E-state index in [0.29, 0.717) is 12.0 Å². The molecule has 1 aromatic heterocycles. The molecular formula is C15H22N4. The van der Waals surface area contributed by atoms with Crippen molar-refractivity contribution in [2.45, 2.75) is 32.9 Å². The van der Waals surface area contributed by atoms with Gasteiger partial charge in [0.25, 0.3) is 0 Å². The molecule has 0 aliphatic carbocycles. The van der Waals surface area contributed by atoms with E-state index in [1.807, 2.05) is 11.6 Å². The van der Waals surface area contributed by atoms with Crippen LogP contribution in [0.15, 0.2) is 36.7 Å². The van der Waals surface area contributed by atoms with Crippen LogP contribution in [0.3, 0.4) is 0 Å². The normalized spacial score (nSPS) is 12.8. The van der Waals surface area contributed by atoms with Crippen LogP contribution in [-0.4, -0.2) is 14.8 Å². The summed E-state index contributed by atoms with van der Waals surface area (Å²) in [5, 5.41) is 11.6. The molecule has 0 bridgehead atoms. The molecule has 0 spiro atoms. The summed E-state index contributed by atoms with van der Waals surface area (Å²) in [7, 11) is 1.97. The van der Waals surface area contributed by atoms with Gasteiger partial charge < -0.3 is 9.88 Å². The first kappa shape index (κ1) is 13.7. The van der Waals surface area contributed by atoms with Crippen LogP contribution in [0.5, 0.6) is 0 Å². The van der Waals surface area contributed by atoms with E-state index in [-0.39, 0.29) is 0 Å². The SMILES string of the molecule is CC(C)CC(NCc1nncn1C)c1ccccc1. The monoisotopic (exact) mass is 258 g/mol. The summed E-state index contributed by atoms with van der Waals surface area (Å²) in [5.74, 6) is 1.61. The lowest BCUT2D eigenvalue weighted by atomic mass is 9.97. The van der Waals surface area contributed by atoms with Gasteiger partial charge in [0.15, 0.2) is 0 Å². The molecule has 4 nitrogen and oxygen atoms in total. The maximum Gasteiger partial charge on any atom is 0.146 e. The molecule has 0 aliphatic heterocycles. The molecule has 0 fully saturated rings. The Morgan fingerprint density at radius 1 is 1.21 bits per heavy atom. The predicted octanol–water partition coefficient (Wildman–Crippen LogP) is 2.69. The topological polar surface area (TPSA) is 42.7 Å². The second-order valence-corrected chi connectivity index (χ2v) is 5.33. The molecular weight excluding hydrogens is 236 g/mol. The van der Waals surface area contributed by atoms with Crippen molar-refractivity contribution in [1.29, 1.82) is 0 Å². The van der Waals surface area contributed by atoms with E-state index in [1.165, 1.54) is 5.56 Å². The first-order chi connectivity index (χ1) is 9.16. The van der Waals surface area contributed by atoms with Gasteiger partial charge in [-0.2, -0.15) is 0 Å². The second kappa shape index (κ2) is 6.48. The van der Waals surface area contributed by atoms with Crippen molar-refractivity contribution in [2.75, 3.05) is 0 Å². The average molecular weight is 258 g/mol. The zero-order chi connectivity index (χ0) is 13.7. The molecule has 2 aromatic rings. The van der Waals surface area contributed by atoms with Gasteiger partial charge in [0.2, 0.25) is 0 Å². The molecule has 1 atom stereocenters. The molecule has 0 radical (unpaired) electrons. The molecule has 0 amide bonds. The zero-order valence-electron chi connectivity index (χ0n) is 11.9. The van der Waals surface area contributed by atoms with Crippen molar-refractivity contribution in [3.05, 3.63) is 48.0 Å². The van der Waals surface area contributed by atoms with Crippen molar-refractivity contribution in [3.63, 3.8) is 0 Å². The van der Waals surface area contributed by atoms with Gasteiger partial charge in [0, 0.05) is 13.1 Å². The van der Waals surface area contributed by atoms with E-state index >= 15 is 0 Å². The molecule has 0 saturated carbocycles. The molecule has 2 rings (SSSR count). The average Bonchev–Trinajstić information content (AvgIpc) is 2.81. The largest absolute Gasteiger partial charge is 0.320 e. The van der Waals surface area contributed by atoms with E-state index in [9.17, 15) is 0 Å². The molecule has 1 heterocycles. The Morgan fingerprint density at radius 2 is 1.95 bits per heavy atom. The lowest BCUT2D eigenvalue weighted by Gasteiger charge is -2.21. The number of nitrogens with one attached hydrogen (secondary N) is 1. The van der Waals surface area contributed by atoms with Crippen LogP contribution in [0.4, 0.5) is 0 Å². The van der Waals surface area contributed by atoms with E-state index in [1.54, 1.807) is 6.33 Å². The Balaban J connectivity index is 2.04. The van der Waals surface area contributed by atoms with Gasteiger partial charge in [-0.15, -0.1) is 10.2 Å². The highest BCUT2D eigenvalue weighted by Gasteiger charge is 2.13. The maximum atomic E-state index is 4.11. The van der Waals surface area contributed by atoms with Crippen LogP contribution < -0.4 is 5.32 Å². The van der Waals surface area contributed by atoms with Crippen LogP contribution in [0.2, 0.25) is 0 Å². The third-order valence-corrected chi connectivity index (χ3v) is 3.22. The van der Waals surface area contributed by atoms with Crippen LogP contribution in [-0.2, 0) is 13.6 Å². The van der Waals surface area contributed by atoms with Crippen LogP contribution in [0, 0.1) is 5.92 Å². The van der Waals surface area contributed by atoms with E-state index in [2.05, 4.69) is 59.7 Å². The fourth-order valence-corrected chi connectivity index (χ4v) is 2.18. The van der Waals surface area contributed by atoms with Crippen molar-refractivity contribution in [2.24, 2.45) is 13.0 Å². The van der Waals surface area contributed by atoms with E-state index in [4.69, 9.17) is 0 Å². The molecule has 0 saturated heterocycles. The summed E-state index contributed by atoms with van der Waals surface area (Å²) in [6.45, 7) is 5.24. The summed E-state index contributed by atoms with van der Waals surface area (Å²) in [5.41, 5.74) is 1.33. The highest BCUT2D eigenvalue weighted by Crippen LogP contribution is 2.21. The molecule has 1 N–H and O–H groups in total. The smallest absolute Gasteiger partial charge is 0.146 e. The van der Waals surface area contributed by atoms with E-state index in [0.717, 1.165) is 18.8 Å². The first-order valence-corrected chi connectivity index (χ1v) is 6.78. The summed E-state index contributed by atoms with van der Waals surface area (Å²) in [4.78, 5) is 0. The van der Waals surface area contributed by atoms with Crippen molar-refractivity contribution in [3.8, 4) is 0 Å². The Kier molecular flexibility index (Phi) is 4.68. The van der Waals surface area contributed by atoms with Crippen molar-refractivity contribution >= 4 is 0 Å². The van der Waals surface area contributed by atoms with Gasteiger partial charge in [0.1, 0.15) is 12.2 Å². The minimum atomic E-state index is 0.359. The third-order valence-electron chi connectivity index (χ3n) is 3.22. The van der Waals surface area contributed by atoms with Crippen LogP contribution in [0.25, 0.3) is 0 Å². The van der Waals surface area contributed by atoms with Gasteiger partial charge in [-0.3, -0.25) is 0 Å². The van der Waals surface area contributed by atoms with Gasteiger partial charge in [-0.05, 0) is 17.9 Å². The standard InChI is InChI=1S/C15H22N4/c1-12(2)9-14(13-7-5-4-6-8-13)16-10-15-18-17-11-19(15)3/h4-8,11-12,14,16H,9-10H2,1-3H3. The van der Waals surface area contributed by atoms with Gasteiger partial charge in [0.05, 0.1) is 6.54 Å². The Morgan fingerprint density at radius 3 is 2.53 bits per heavy atom. The molecule has 1 unspecified atom stereocenters. The number of hydrogen-bond donors (Lipinski definition) is 1. The first-order valence-electron chi connectivity index (χ1n) is 6.78.